The van der Waals surface area contributed by atoms with Crippen LogP contribution in [-0.4, -0.2) is 36.9 Å². The quantitative estimate of drug-likeness (QED) is 0.631. The fraction of sp³-hybridized carbons (Fsp3) is 0.294. The number of carbonyl (C=O) groups is 1. The summed E-state index contributed by atoms with van der Waals surface area (Å²) >= 11 is 0. The monoisotopic (exact) mass is 353 g/mol. The second-order valence-corrected chi connectivity index (χ2v) is 6.46. The number of H-pyrrole nitrogens is 1. The van der Waals surface area contributed by atoms with E-state index in [0.29, 0.717) is 12.2 Å². The van der Waals surface area contributed by atoms with E-state index in [0.717, 1.165) is 25.2 Å². The van der Waals surface area contributed by atoms with Crippen LogP contribution in [0.1, 0.15) is 23.7 Å². The van der Waals surface area contributed by atoms with E-state index in [1.165, 1.54) is 28.6 Å². The number of nitrogens with zero attached hydrogens (tertiary/aromatic N) is 4. The lowest BCUT2D eigenvalue weighted by Gasteiger charge is -2.28. The number of fused-ring (bicyclic) bond motifs is 2. The summed E-state index contributed by atoms with van der Waals surface area (Å²) in [5, 5.41) is 5.46. The molecule has 9 heteroatoms. The second-order valence-electron chi connectivity index (χ2n) is 6.46. The first-order valence-corrected chi connectivity index (χ1v) is 8.34. The van der Waals surface area contributed by atoms with Crippen molar-refractivity contribution in [2.24, 2.45) is 0 Å². The fourth-order valence-corrected chi connectivity index (χ4v) is 3.29. The average Bonchev–Trinajstić information content (AvgIpc) is 2.95. The summed E-state index contributed by atoms with van der Waals surface area (Å²) in [5.74, 6) is 0.341. The third-order valence-corrected chi connectivity index (χ3v) is 4.40. The molecule has 4 N–H and O–H groups in total. The van der Waals surface area contributed by atoms with Crippen LogP contribution in [0, 0.1) is 0 Å². The highest BCUT2D eigenvalue weighted by atomic mass is 16.1. The van der Waals surface area contributed by atoms with Crippen molar-refractivity contribution in [3.05, 3.63) is 51.4 Å². The molecule has 0 radical (unpaired) electrons. The van der Waals surface area contributed by atoms with Gasteiger partial charge in [-0.25, -0.2) is 4.98 Å². The smallest absolute Gasteiger partial charge is 0.274 e. The number of anilines is 2. The van der Waals surface area contributed by atoms with Gasteiger partial charge in [-0.2, -0.15) is 9.50 Å². The van der Waals surface area contributed by atoms with Crippen LogP contribution in [0.2, 0.25) is 0 Å². The van der Waals surface area contributed by atoms with Crippen molar-refractivity contribution in [3.63, 3.8) is 0 Å². The fourth-order valence-electron chi connectivity index (χ4n) is 3.29. The zero-order chi connectivity index (χ0) is 18.3. The first kappa shape index (κ1) is 16.3. The Morgan fingerprint density at radius 2 is 2.15 bits per heavy atom. The maximum Gasteiger partial charge on any atom is 0.274 e. The van der Waals surface area contributed by atoms with E-state index in [1.807, 2.05) is 12.1 Å². The van der Waals surface area contributed by atoms with Gasteiger partial charge in [0.1, 0.15) is 0 Å². The van der Waals surface area contributed by atoms with Gasteiger partial charge >= 0.3 is 0 Å². The lowest BCUT2D eigenvalue weighted by atomic mass is 9.99. The minimum absolute atomic E-state index is 0.0890. The van der Waals surface area contributed by atoms with E-state index < -0.39 is 0 Å². The largest absolute Gasteiger partial charge is 0.368 e. The minimum atomic E-state index is -0.237. The van der Waals surface area contributed by atoms with Crippen LogP contribution in [0.5, 0.6) is 0 Å². The van der Waals surface area contributed by atoms with E-state index in [4.69, 9.17) is 5.73 Å². The number of carbonyl (C=O) groups excluding carboxylic acids is 1. The molecule has 3 heterocycles. The number of aromatic amines is 1. The van der Waals surface area contributed by atoms with E-state index in [-0.39, 0.29) is 23.2 Å². The molecule has 1 aromatic carbocycles. The summed E-state index contributed by atoms with van der Waals surface area (Å²) in [6.07, 6.45) is 0.909. The van der Waals surface area contributed by atoms with Crippen LogP contribution < -0.4 is 16.6 Å². The Bertz CT molecular complexity index is 1050. The Morgan fingerprint density at radius 1 is 1.31 bits per heavy atom. The summed E-state index contributed by atoms with van der Waals surface area (Å²) in [6, 6.07) is 7.48. The topological polar surface area (TPSA) is 121 Å². The predicted octanol–water partition coefficient (Wildman–Crippen LogP) is 0.516. The molecule has 2 aromatic heterocycles. The van der Waals surface area contributed by atoms with Crippen LogP contribution in [0.25, 0.3) is 5.78 Å². The van der Waals surface area contributed by atoms with Gasteiger partial charge in [-0.05, 0) is 29.7 Å². The molecule has 0 saturated carbocycles. The lowest BCUT2D eigenvalue weighted by Crippen LogP contribution is -2.31. The van der Waals surface area contributed by atoms with E-state index in [1.54, 1.807) is 0 Å². The molecule has 0 fully saturated rings. The normalized spacial score (nSPS) is 14.3. The second kappa shape index (κ2) is 6.26. The number of nitrogens with one attached hydrogen (secondary N) is 2. The van der Waals surface area contributed by atoms with Crippen LogP contribution in [-0.2, 0) is 24.3 Å². The van der Waals surface area contributed by atoms with Gasteiger partial charge in [0, 0.05) is 38.3 Å². The molecule has 1 aliphatic rings. The summed E-state index contributed by atoms with van der Waals surface area (Å²) in [7, 11) is 0. The van der Waals surface area contributed by atoms with Crippen molar-refractivity contribution in [3.8, 4) is 0 Å². The number of nitrogens with two attached hydrogens (primary N) is 1. The van der Waals surface area contributed by atoms with Crippen molar-refractivity contribution in [2.45, 2.75) is 26.4 Å². The van der Waals surface area contributed by atoms with Crippen molar-refractivity contribution in [1.82, 2.24) is 24.5 Å². The number of amides is 1. The zero-order valence-electron chi connectivity index (χ0n) is 14.3. The number of benzene rings is 1. The molecule has 0 unspecified atom stereocenters. The molecule has 0 aliphatic carbocycles. The molecule has 26 heavy (non-hydrogen) atoms. The van der Waals surface area contributed by atoms with Crippen LogP contribution in [0.15, 0.2) is 29.1 Å². The first-order chi connectivity index (χ1) is 12.5. The van der Waals surface area contributed by atoms with Gasteiger partial charge in [-0.3, -0.25) is 19.6 Å². The number of nitrogen functional groups attached to an aromatic ring is 1. The summed E-state index contributed by atoms with van der Waals surface area (Å²) in [4.78, 5) is 34.0. The number of hydrogen-bond acceptors (Lipinski definition) is 6. The zero-order valence-corrected chi connectivity index (χ0v) is 14.3. The molecule has 0 saturated heterocycles. The standard InChI is InChI=1S/C17H19N7O2/c1-10(25)19-13-3-2-11-4-5-23(8-12(11)6-13)9-14-7-15(26)24-17(20-14)21-16(18)22-24/h2-3,6-7H,4-5,8-9H2,1H3,(H,19,25)(H3,18,20,21,22). The SMILES string of the molecule is CC(=O)Nc1ccc2c(c1)CN(Cc1cc(=O)n3[nH]c(N)nc3n1)CC2. The first-order valence-electron chi connectivity index (χ1n) is 8.34. The molecule has 0 spiro atoms. The van der Waals surface area contributed by atoms with Crippen molar-refractivity contribution >= 4 is 23.3 Å². The van der Waals surface area contributed by atoms with Crippen LogP contribution in [0.3, 0.4) is 0 Å². The van der Waals surface area contributed by atoms with Crippen LogP contribution in [0.4, 0.5) is 11.6 Å². The van der Waals surface area contributed by atoms with Gasteiger partial charge in [0.15, 0.2) is 0 Å². The molecule has 1 amide bonds. The summed E-state index contributed by atoms with van der Waals surface area (Å²) in [5.41, 5.74) is 9.25. The van der Waals surface area contributed by atoms with E-state index >= 15 is 0 Å². The number of hydrogen-bond donors (Lipinski definition) is 3. The highest BCUT2D eigenvalue weighted by Crippen LogP contribution is 2.23. The Morgan fingerprint density at radius 3 is 2.96 bits per heavy atom. The van der Waals surface area contributed by atoms with Crippen molar-refractivity contribution in [2.75, 3.05) is 17.6 Å². The number of rotatable bonds is 3. The number of aromatic nitrogens is 4. The lowest BCUT2D eigenvalue weighted by molar-refractivity contribution is -0.114. The van der Waals surface area contributed by atoms with Gasteiger partial charge in [0.05, 0.1) is 5.69 Å². The molecule has 9 nitrogen and oxygen atoms in total. The van der Waals surface area contributed by atoms with E-state index in [2.05, 4.69) is 31.3 Å². The Balaban J connectivity index is 1.55. The third-order valence-electron chi connectivity index (χ3n) is 4.40. The Labute approximate surface area is 148 Å². The molecule has 1 aliphatic heterocycles. The van der Waals surface area contributed by atoms with Crippen molar-refractivity contribution in [1.29, 1.82) is 0 Å². The average molecular weight is 353 g/mol. The molecule has 4 rings (SSSR count). The van der Waals surface area contributed by atoms with E-state index in [9.17, 15) is 9.59 Å². The highest BCUT2D eigenvalue weighted by molar-refractivity contribution is 5.88. The van der Waals surface area contributed by atoms with Gasteiger partial charge in [-0.1, -0.05) is 6.07 Å². The molecular formula is C17H19N7O2. The molecule has 0 bridgehead atoms. The van der Waals surface area contributed by atoms with Gasteiger partial charge in [-0.15, -0.1) is 0 Å². The molecule has 3 aromatic rings. The van der Waals surface area contributed by atoms with Crippen LogP contribution >= 0.6 is 0 Å². The maximum absolute atomic E-state index is 12.1. The Kier molecular flexibility index (Phi) is 3.92. The summed E-state index contributed by atoms with van der Waals surface area (Å²) < 4.78 is 1.23. The summed E-state index contributed by atoms with van der Waals surface area (Å²) in [6.45, 7) is 3.64. The molecular weight excluding hydrogens is 334 g/mol. The maximum atomic E-state index is 12.1. The minimum Gasteiger partial charge on any atom is -0.368 e. The van der Waals surface area contributed by atoms with Gasteiger partial charge < -0.3 is 11.1 Å². The van der Waals surface area contributed by atoms with Gasteiger partial charge in [0.2, 0.25) is 11.9 Å². The highest BCUT2D eigenvalue weighted by Gasteiger charge is 2.18. The Hall–Kier alpha value is -3.20. The molecule has 134 valence electrons. The predicted molar refractivity (Wildman–Crippen MR) is 96.6 cm³/mol. The third kappa shape index (κ3) is 3.16. The van der Waals surface area contributed by atoms with Gasteiger partial charge in [0.25, 0.3) is 11.3 Å². The van der Waals surface area contributed by atoms with Crippen molar-refractivity contribution < 1.29 is 4.79 Å². The molecule has 0 atom stereocenters.